The van der Waals surface area contributed by atoms with E-state index in [9.17, 15) is 18.0 Å². The predicted molar refractivity (Wildman–Crippen MR) is 93.4 cm³/mol. The average Bonchev–Trinajstić information content (AvgIpc) is 2.99. The molecule has 0 fully saturated rings. The van der Waals surface area contributed by atoms with Crippen molar-refractivity contribution in [2.75, 3.05) is 6.54 Å². The summed E-state index contributed by atoms with van der Waals surface area (Å²) in [4.78, 5) is 28.1. The number of aromatic nitrogens is 3. The van der Waals surface area contributed by atoms with Crippen molar-refractivity contribution < 1.29 is 12.8 Å². The van der Waals surface area contributed by atoms with Crippen LogP contribution in [0.4, 0.5) is 0 Å². The number of hydrogen-bond acceptors (Lipinski definition) is 6. The highest BCUT2D eigenvalue weighted by Gasteiger charge is 2.35. The maximum absolute atomic E-state index is 13.0. The van der Waals surface area contributed by atoms with Gasteiger partial charge in [0.2, 0.25) is 10.0 Å². The van der Waals surface area contributed by atoms with Gasteiger partial charge >= 0.3 is 5.69 Å². The van der Waals surface area contributed by atoms with Crippen molar-refractivity contribution in [2.24, 2.45) is 14.1 Å². The van der Waals surface area contributed by atoms with E-state index < -0.39 is 26.2 Å². The first-order valence-electron chi connectivity index (χ1n) is 8.19. The summed E-state index contributed by atoms with van der Waals surface area (Å²) in [6, 6.07) is 0. The zero-order valence-corrected chi connectivity index (χ0v) is 16.3. The van der Waals surface area contributed by atoms with Crippen molar-refractivity contribution in [3.8, 4) is 0 Å². The second-order valence-electron chi connectivity index (χ2n) is 7.48. The first-order valence-corrected chi connectivity index (χ1v) is 9.63. The van der Waals surface area contributed by atoms with Crippen LogP contribution < -0.4 is 11.2 Å². The summed E-state index contributed by atoms with van der Waals surface area (Å²) in [7, 11) is -1.40. The Morgan fingerprint density at radius 3 is 2.46 bits per heavy atom. The van der Waals surface area contributed by atoms with Gasteiger partial charge < -0.3 is 8.98 Å². The Morgan fingerprint density at radius 1 is 1.19 bits per heavy atom. The lowest BCUT2D eigenvalue weighted by Gasteiger charge is -2.24. The fourth-order valence-electron chi connectivity index (χ4n) is 2.79. The van der Waals surface area contributed by atoms with Crippen LogP contribution in [-0.2, 0) is 42.5 Å². The summed E-state index contributed by atoms with van der Waals surface area (Å²) in [6.07, 6.45) is 1.45. The Labute approximate surface area is 150 Å². The topological polar surface area (TPSA) is 107 Å². The molecule has 0 unspecified atom stereocenters. The van der Waals surface area contributed by atoms with Crippen molar-refractivity contribution in [3.05, 3.63) is 44.4 Å². The fraction of sp³-hybridized carbons (Fsp3) is 0.562. The van der Waals surface area contributed by atoms with Crippen LogP contribution >= 0.6 is 0 Å². The number of rotatable bonds is 2. The third kappa shape index (κ3) is 2.92. The lowest BCUT2D eigenvalue weighted by Crippen LogP contribution is -2.43. The normalized spacial score (nSPS) is 15.9. The first kappa shape index (κ1) is 18.6. The van der Waals surface area contributed by atoms with Gasteiger partial charge in [-0.1, -0.05) is 20.8 Å². The van der Waals surface area contributed by atoms with Gasteiger partial charge in [-0.2, -0.15) is 4.31 Å². The molecule has 0 aromatic carbocycles. The van der Waals surface area contributed by atoms with Crippen molar-refractivity contribution in [2.45, 2.75) is 44.0 Å². The van der Waals surface area contributed by atoms with E-state index in [0.29, 0.717) is 23.8 Å². The Morgan fingerprint density at radius 2 is 1.85 bits per heavy atom. The number of fused-ring (bicyclic) bond motifs is 1. The molecule has 0 atom stereocenters. The Balaban J connectivity index is 2.02. The first-order chi connectivity index (χ1) is 11.9. The van der Waals surface area contributed by atoms with Crippen molar-refractivity contribution >= 4 is 10.0 Å². The molecule has 0 bridgehead atoms. The van der Waals surface area contributed by atoms with Crippen molar-refractivity contribution in [3.63, 3.8) is 0 Å². The smallest absolute Gasteiger partial charge is 0.330 e. The van der Waals surface area contributed by atoms with Gasteiger partial charge in [-0.05, 0) is 0 Å². The van der Waals surface area contributed by atoms with Crippen molar-refractivity contribution in [1.29, 1.82) is 0 Å². The molecule has 3 heterocycles. The monoisotopic (exact) mass is 382 g/mol. The van der Waals surface area contributed by atoms with E-state index in [1.54, 1.807) is 0 Å². The second kappa shape index (κ2) is 5.92. The number of aryl methyl sites for hydroxylation is 1. The van der Waals surface area contributed by atoms with Crippen LogP contribution in [0.25, 0.3) is 0 Å². The molecule has 0 radical (unpaired) electrons. The van der Waals surface area contributed by atoms with Crippen molar-refractivity contribution in [1.82, 2.24) is 18.4 Å². The standard InChI is InChI=1S/C16H22N4O5S/c1-16(2,3)14-17-10-8-20(7-6-11(10)25-14)26(23,24)12-9-18(4)15(22)19(5)13(12)21/h9H,6-8H2,1-5H3. The molecule has 1 aliphatic heterocycles. The Hall–Kier alpha value is -2.20. The maximum Gasteiger partial charge on any atom is 0.330 e. The third-order valence-electron chi connectivity index (χ3n) is 4.37. The molecular formula is C16H22N4O5S. The predicted octanol–water partition coefficient (Wildman–Crippen LogP) is 0.117. The Kier molecular flexibility index (Phi) is 4.23. The van der Waals surface area contributed by atoms with E-state index in [4.69, 9.17) is 4.42 Å². The van der Waals surface area contributed by atoms with Gasteiger partial charge in [-0.3, -0.25) is 9.36 Å². The molecule has 0 N–H and O–H groups in total. The molecule has 0 spiro atoms. The van der Waals surface area contributed by atoms with E-state index in [-0.39, 0.29) is 18.5 Å². The minimum Gasteiger partial charge on any atom is -0.445 e. The van der Waals surface area contributed by atoms with Gasteiger partial charge in [0.15, 0.2) is 10.8 Å². The van der Waals surface area contributed by atoms with Crippen LogP contribution in [0.1, 0.15) is 38.1 Å². The second-order valence-corrected chi connectivity index (χ2v) is 9.38. The number of hydrogen-bond donors (Lipinski definition) is 0. The molecule has 0 aliphatic carbocycles. The maximum atomic E-state index is 13.0. The summed E-state index contributed by atoms with van der Waals surface area (Å²) in [6.45, 7) is 6.11. The summed E-state index contributed by atoms with van der Waals surface area (Å²) in [5.74, 6) is 1.23. The fourth-order valence-corrected chi connectivity index (χ4v) is 4.34. The molecule has 0 saturated heterocycles. The molecule has 10 heteroatoms. The molecule has 0 saturated carbocycles. The highest BCUT2D eigenvalue weighted by molar-refractivity contribution is 7.89. The van der Waals surface area contributed by atoms with E-state index in [0.717, 1.165) is 15.3 Å². The zero-order valence-electron chi connectivity index (χ0n) is 15.4. The lowest BCUT2D eigenvalue weighted by atomic mass is 9.97. The number of nitrogens with zero attached hydrogens (tertiary/aromatic N) is 4. The van der Waals surface area contributed by atoms with Gasteiger partial charge in [0.25, 0.3) is 5.56 Å². The quantitative estimate of drug-likeness (QED) is 0.730. The minimum atomic E-state index is -4.06. The van der Waals surface area contributed by atoms with Gasteiger partial charge in [-0.15, -0.1) is 0 Å². The largest absolute Gasteiger partial charge is 0.445 e. The highest BCUT2D eigenvalue weighted by atomic mass is 32.2. The molecule has 2 aromatic rings. The van der Waals surface area contributed by atoms with Crippen LogP contribution in [0, 0.1) is 0 Å². The van der Waals surface area contributed by atoms with Crippen LogP contribution in [0.15, 0.2) is 25.1 Å². The average molecular weight is 382 g/mol. The SMILES string of the molecule is Cn1cc(S(=O)(=O)N2CCc3oc(C(C)(C)C)nc3C2)c(=O)n(C)c1=O. The van der Waals surface area contributed by atoms with E-state index in [1.807, 2.05) is 20.8 Å². The van der Waals surface area contributed by atoms with Crippen LogP contribution in [-0.4, -0.2) is 33.4 Å². The Bertz CT molecular complexity index is 1090. The van der Waals surface area contributed by atoms with E-state index in [2.05, 4.69) is 4.98 Å². The molecule has 142 valence electrons. The van der Waals surface area contributed by atoms with Crippen LogP contribution in [0.2, 0.25) is 0 Å². The molecule has 26 heavy (non-hydrogen) atoms. The molecule has 9 nitrogen and oxygen atoms in total. The van der Waals surface area contributed by atoms with Crippen LogP contribution in [0.5, 0.6) is 0 Å². The molecule has 3 rings (SSSR count). The van der Waals surface area contributed by atoms with E-state index >= 15 is 0 Å². The van der Waals surface area contributed by atoms with Gasteiger partial charge in [-0.25, -0.2) is 18.2 Å². The lowest BCUT2D eigenvalue weighted by molar-refractivity contribution is 0.338. The third-order valence-corrected chi connectivity index (χ3v) is 6.19. The zero-order chi connectivity index (χ0) is 19.4. The molecule has 1 aliphatic rings. The summed E-state index contributed by atoms with van der Waals surface area (Å²) in [5.41, 5.74) is -1.14. The van der Waals surface area contributed by atoms with Gasteiger partial charge in [0, 0.05) is 38.7 Å². The van der Waals surface area contributed by atoms with Gasteiger partial charge in [0.05, 0.1) is 12.2 Å². The van der Waals surface area contributed by atoms with Crippen LogP contribution in [0.3, 0.4) is 0 Å². The highest BCUT2D eigenvalue weighted by Crippen LogP contribution is 2.29. The summed E-state index contributed by atoms with van der Waals surface area (Å²) < 4.78 is 34.8. The summed E-state index contributed by atoms with van der Waals surface area (Å²) in [5, 5.41) is 0. The number of oxazole rings is 1. The summed E-state index contributed by atoms with van der Waals surface area (Å²) >= 11 is 0. The van der Waals surface area contributed by atoms with E-state index in [1.165, 1.54) is 18.4 Å². The minimum absolute atomic E-state index is 0.0310. The molecule has 2 aromatic heterocycles. The molecular weight excluding hydrogens is 360 g/mol. The van der Waals surface area contributed by atoms with Gasteiger partial charge in [0.1, 0.15) is 5.76 Å². The number of sulfonamides is 1. The molecule has 0 amide bonds.